The predicted molar refractivity (Wildman–Crippen MR) is 86.7 cm³/mol. The molecule has 1 aliphatic heterocycles. The number of carbonyl (C=O) groups excluding carboxylic acids is 1. The summed E-state index contributed by atoms with van der Waals surface area (Å²) in [6.07, 6.45) is 3.71. The van der Waals surface area contributed by atoms with Crippen LogP contribution in [0.25, 0.3) is 0 Å². The smallest absolute Gasteiger partial charge is 0.230 e. The molecule has 0 radical (unpaired) electrons. The molecule has 1 heterocycles. The zero-order valence-corrected chi connectivity index (χ0v) is 13.3. The molecule has 4 heteroatoms. The minimum Gasteiger partial charge on any atom is -0.391 e. The molecule has 1 saturated carbocycles. The van der Waals surface area contributed by atoms with Gasteiger partial charge in [0.05, 0.1) is 11.5 Å². The minimum atomic E-state index is -0.372. The van der Waals surface area contributed by atoms with Crippen molar-refractivity contribution in [2.45, 2.75) is 44.1 Å². The third-order valence-corrected chi connectivity index (χ3v) is 5.29. The van der Waals surface area contributed by atoms with E-state index in [1.165, 1.54) is 5.56 Å². The fraction of sp³-hybridized carbons (Fsp3) is 0.611. The number of carbonyl (C=O) groups is 1. The molecule has 1 aliphatic carbocycles. The maximum absolute atomic E-state index is 12.9. The summed E-state index contributed by atoms with van der Waals surface area (Å²) in [4.78, 5) is 12.9. The van der Waals surface area contributed by atoms with E-state index in [1.807, 2.05) is 6.07 Å². The van der Waals surface area contributed by atoms with E-state index in [0.29, 0.717) is 13.1 Å². The summed E-state index contributed by atoms with van der Waals surface area (Å²) >= 11 is 0. The normalized spacial score (nSPS) is 27.0. The molecule has 0 spiro atoms. The van der Waals surface area contributed by atoms with Gasteiger partial charge in [0.15, 0.2) is 0 Å². The largest absolute Gasteiger partial charge is 0.391 e. The van der Waals surface area contributed by atoms with Crippen LogP contribution in [0.5, 0.6) is 0 Å². The van der Waals surface area contributed by atoms with Crippen LogP contribution in [0.1, 0.15) is 36.8 Å². The monoisotopic (exact) mass is 302 g/mol. The van der Waals surface area contributed by atoms with Crippen molar-refractivity contribution >= 4 is 5.91 Å². The molecule has 22 heavy (non-hydrogen) atoms. The van der Waals surface area contributed by atoms with Crippen LogP contribution in [-0.2, 0) is 10.2 Å². The van der Waals surface area contributed by atoms with Crippen molar-refractivity contribution in [2.75, 3.05) is 19.6 Å². The van der Waals surface area contributed by atoms with Gasteiger partial charge in [-0.3, -0.25) is 4.79 Å². The summed E-state index contributed by atoms with van der Waals surface area (Å²) in [5.41, 5.74) is 1.97. The molecule has 2 unspecified atom stereocenters. The van der Waals surface area contributed by atoms with Crippen molar-refractivity contribution in [1.29, 1.82) is 0 Å². The van der Waals surface area contributed by atoms with Crippen molar-refractivity contribution in [2.24, 2.45) is 5.92 Å². The van der Waals surface area contributed by atoms with E-state index in [4.69, 9.17) is 0 Å². The summed E-state index contributed by atoms with van der Waals surface area (Å²) in [6, 6.07) is 8.36. The molecule has 4 nitrogen and oxygen atoms in total. The zero-order chi connectivity index (χ0) is 15.6. The van der Waals surface area contributed by atoms with Crippen LogP contribution in [0, 0.1) is 12.8 Å². The number of aryl methyl sites for hydroxylation is 1. The average molecular weight is 302 g/mol. The van der Waals surface area contributed by atoms with Gasteiger partial charge in [-0.2, -0.15) is 0 Å². The molecule has 0 aromatic heterocycles. The summed E-state index contributed by atoms with van der Waals surface area (Å²) in [6.45, 7) is 4.04. The van der Waals surface area contributed by atoms with Gasteiger partial charge in [0, 0.05) is 25.6 Å². The molecule has 2 fully saturated rings. The van der Waals surface area contributed by atoms with Crippen molar-refractivity contribution in [1.82, 2.24) is 10.6 Å². The van der Waals surface area contributed by atoms with Crippen LogP contribution in [0.4, 0.5) is 0 Å². The Bertz CT molecular complexity index is 538. The highest BCUT2D eigenvalue weighted by atomic mass is 16.3. The van der Waals surface area contributed by atoms with E-state index in [2.05, 4.69) is 35.8 Å². The van der Waals surface area contributed by atoms with Crippen LogP contribution in [0.2, 0.25) is 0 Å². The Balaban J connectivity index is 1.74. The fourth-order valence-corrected chi connectivity index (χ4v) is 3.89. The lowest BCUT2D eigenvalue weighted by atomic mass is 9.77. The molecule has 3 N–H and O–H groups in total. The molecule has 1 aromatic rings. The van der Waals surface area contributed by atoms with Gasteiger partial charge < -0.3 is 15.7 Å². The number of β-amino-alcohol motifs (C(OH)–C–C–N with tert-alkyl or cyclic N) is 1. The summed E-state index contributed by atoms with van der Waals surface area (Å²) in [7, 11) is 0. The van der Waals surface area contributed by atoms with Crippen molar-refractivity contribution in [3.63, 3.8) is 0 Å². The SMILES string of the molecule is Cc1cccc(C2(C(=O)NCC3CNCC3O)CCCC2)c1. The lowest BCUT2D eigenvalue weighted by Gasteiger charge is -2.29. The van der Waals surface area contributed by atoms with Gasteiger partial charge in [-0.05, 0) is 25.3 Å². The number of aliphatic hydroxyl groups is 1. The van der Waals surface area contributed by atoms with Crippen molar-refractivity contribution in [3.05, 3.63) is 35.4 Å². The van der Waals surface area contributed by atoms with E-state index in [9.17, 15) is 9.90 Å². The Morgan fingerprint density at radius 3 is 2.77 bits per heavy atom. The van der Waals surface area contributed by atoms with Gasteiger partial charge in [-0.15, -0.1) is 0 Å². The van der Waals surface area contributed by atoms with E-state index >= 15 is 0 Å². The second-order valence-electron chi connectivity index (χ2n) is 6.85. The second kappa shape index (κ2) is 6.39. The first-order valence-corrected chi connectivity index (χ1v) is 8.36. The highest BCUT2D eigenvalue weighted by molar-refractivity contribution is 5.88. The quantitative estimate of drug-likeness (QED) is 0.790. The molecule has 2 aliphatic rings. The molecular weight excluding hydrogens is 276 g/mol. The summed E-state index contributed by atoms with van der Waals surface area (Å²) in [5.74, 6) is 0.259. The molecule has 1 saturated heterocycles. The highest BCUT2D eigenvalue weighted by Gasteiger charge is 2.43. The molecule has 2 atom stereocenters. The Hall–Kier alpha value is -1.39. The van der Waals surface area contributed by atoms with Gasteiger partial charge in [0.1, 0.15) is 0 Å². The van der Waals surface area contributed by atoms with Crippen LogP contribution >= 0.6 is 0 Å². The van der Waals surface area contributed by atoms with Gasteiger partial charge in [-0.25, -0.2) is 0 Å². The minimum absolute atomic E-state index is 0.125. The molecular formula is C18H26N2O2. The average Bonchev–Trinajstić information content (AvgIpc) is 3.15. The first-order valence-electron chi connectivity index (χ1n) is 8.36. The maximum atomic E-state index is 12.9. The second-order valence-corrected chi connectivity index (χ2v) is 6.85. The Morgan fingerprint density at radius 2 is 2.14 bits per heavy atom. The van der Waals surface area contributed by atoms with E-state index in [0.717, 1.165) is 37.8 Å². The molecule has 1 amide bonds. The van der Waals surface area contributed by atoms with E-state index in [1.54, 1.807) is 0 Å². The lowest BCUT2D eigenvalue weighted by Crippen LogP contribution is -2.45. The number of rotatable bonds is 4. The number of hydrogen-bond donors (Lipinski definition) is 3. The Labute approximate surface area is 132 Å². The van der Waals surface area contributed by atoms with Crippen LogP contribution < -0.4 is 10.6 Å². The van der Waals surface area contributed by atoms with Gasteiger partial charge >= 0.3 is 0 Å². The molecule has 3 rings (SSSR count). The molecule has 0 bridgehead atoms. The van der Waals surface area contributed by atoms with Crippen molar-refractivity contribution < 1.29 is 9.90 Å². The number of aliphatic hydroxyl groups excluding tert-OH is 1. The number of hydrogen-bond acceptors (Lipinski definition) is 3. The number of nitrogens with one attached hydrogen (secondary N) is 2. The van der Waals surface area contributed by atoms with Gasteiger partial charge in [-0.1, -0.05) is 42.7 Å². The Kier molecular flexibility index (Phi) is 4.50. The number of amides is 1. The molecule has 120 valence electrons. The topological polar surface area (TPSA) is 61.4 Å². The van der Waals surface area contributed by atoms with Crippen molar-refractivity contribution in [3.8, 4) is 0 Å². The maximum Gasteiger partial charge on any atom is 0.230 e. The van der Waals surface area contributed by atoms with Gasteiger partial charge in [0.2, 0.25) is 5.91 Å². The third-order valence-electron chi connectivity index (χ3n) is 5.29. The van der Waals surface area contributed by atoms with E-state index in [-0.39, 0.29) is 23.3 Å². The number of benzene rings is 1. The van der Waals surface area contributed by atoms with Crippen LogP contribution in [0.3, 0.4) is 0 Å². The highest BCUT2D eigenvalue weighted by Crippen LogP contribution is 2.41. The Morgan fingerprint density at radius 1 is 1.36 bits per heavy atom. The lowest BCUT2D eigenvalue weighted by molar-refractivity contribution is -0.126. The zero-order valence-electron chi connectivity index (χ0n) is 13.3. The van der Waals surface area contributed by atoms with Gasteiger partial charge in [0.25, 0.3) is 0 Å². The standard InChI is InChI=1S/C18H26N2O2/c1-13-5-4-6-15(9-13)18(7-2-3-8-18)17(22)20-11-14-10-19-12-16(14)21/h4-6,9,14,16,19,21H,2-3,7-8,10-12H2,1H3,(H,20,22). The first-order chi connectivity index (χ1) is 10.6. The predicted octanol–water partition coefficient (Wildman–Crippen LogP) is 1.50. The summed E-state index contributed by atoms with van der Waals surface area (Å²) in [5, 5.41) is 16.2. The van der Waals surface area contributed by atoms with E-state index < -0.39 is 0 Å². The molecule has 1 aromatic carbocycles. The fourth-order valence-electron chi connectivity index (χ4n) is 3.89. The van der Waals surface area contributed by atoms with Crippen LogP contribution in [-0.4, -0.2) is 36.8 Å². The third kappa shape index (κ3) is 2.90. The summed E-state index contributed by atoms with van der Waals surface area (Å²) < 4.78 is 0. The van der Waals surface area contributed by atoms with Crippen LogP contribution in [0.15, 0.2) is 24.3 Å². The first kappa shape index (κ1) is 15.5.